The van der Waals surface area contributed by atoms with Crippen LogP contribution in [0.1, 0.15) is 35.4 Å². The van der Waals surface area contributed by atoms with Crippen molar-refractivity contribution in [1.29, 1.82) is 0 Å². The van der Waals surface area contributed by atoms with E-state index in [1.54, 1.807) is 38.1 Å². The standard InChI is InChI=1S/C23H24ClN3O5S/c1-14-11-15(2)21(16(3)12-14)33(29,30)27-10-4-5-19(27)23(28)31-13-20-25-26-22(32-20)17-6-8-18(24)9-7-17/h6-9,11-12,19H,4-5,10,13H2,1-3H3. The number of rotatable bonds is 6. The Morgan fingerprint density at radius 3 is 2.48 bits per heavy atom. The van der Waals surface area contributed by atoms with Gasteiger partial charge in [-0.15, -0.1) is 10.2 Å². The Morgan fingerprint density at radius 1 is 1.15 bits per heavy atom. The molecule has 0 aliphatic carbocycles. The van der Waals surface area contributed by atoms with Crippen LogP contribution in [0.15, 0.2) is 45.7 Å². The molecule has 1 aliphatic heterocycles. The fourth-order valence-electron chi connectivity index (χ4n) is 4.20. The Balaban J connectivity index is 1.47. The van der Waals surface area contributed by atoms with Crippen LogP contribution in [0.2, 0.25) is 5.02 Å². The van der Waals surface area contributed by atoms with Crippen molar-refractivity contribution in [2.45, 2.75) is 51.2 Å². The highest BCUT2D eigenvalue weighted by Gasteiger charge is 2.41. The van der Waals surface area contributed by atoms with E-state index in [-0.39, 0.29) is 29.8 Å². The van der Waals surface area contributed by atoms with Crippen LogP contribution >= 0.6 is 11.6 Å². The fraction of sp³-hybridized carbons (Fsp3) is 0.348. The van der Waals surface area contributed by atoms with Crippen molar-refractivity contribution >= 4 is 27.6 Å². The summed E-state index contributed by atoms with van der Waals surface area (Å²) in [7, 11) is -3.86. The molecule has 0 saturated carbocycles. The summed E-state index contributed by atoms with van der Waals surface area (Å²) in [5.74, 6) is -0.247. The average molecular weight is 490 g/mol. The van der Waals surface area contributed by atoms with Crippen LogP contribution in [0.25, 0.3) is 11.5 Å². The van der Waals surface area contributed by atoms with Gasteiger partial charge in [0.2, 0.25) is 15.9 Å². The van der Waals surface area contributed by atoms with Crippen molar-refractivity contribution in [1.82, 2.24) is 14.5 Å². The number of sulfonamides is 1. The summed E-state index contributed by atoms with van der Waals surface area (Å²) in [6, 6.07) is 9.65. The van der Waals surface area contributed by atoms with Gasteiger partial charge in [0.25, 0.3) is 5.89 Å². The first kappa shape index (κ1) is 23.4. The number of hydrogen-bond donors (Lipinski definition) is 0. The molecule has 0 radical (unpaired) electrons. The summed E-state index contributed by atoms with van der Waals surface area (Å²) in [6.07, 6.45) is 0.964. The summed E-state index contributed by atoms with van der Waals surface area (Å²) in [5.41, 5.74) is 2.99. The highest BCUT2D eigenvalue weighted by atomic mass is 35.5. The molecule has 174 valence electrons. The van der Waals surface area contributed by atoms with E-state index >= 15 is 0 Å². The lowest BCUT2D eigenvalue weighted by atomic mass is 10.1. The fourth-order valence-corrected chi connectivity index (χ4v) is 6.39. The van der Waals surface area contributed by atoms with Gasteiger partial charge in [0, 0.05) is 17.1 Å². The second-order valence-corrected chi connectivity index (χ2v) is 10.4. The molecule has 2 heterocycles. The van der Waals surface area contributed by atoms with Crippen molar-refractivity contribution in [3.05, 3.63) is 64.0 Å². The van der Waals surface area contributed by atoms with Crippen molar-refractivity contribution in [3.63, 3.8) is 0 Å². The lowest BCUT2D eigenvalue weighted by Gasteiger charge is -2.24. The van der Waals surface area contributed by atoms with Crippen molar-refractivity contribution < 1.29 is 22.4 Å². The van der Waals surface area contributed by atoms with Gasteiger partial charge in [0.05, 0.1) is 4.90 Å². The SMILES string of the molecule is Cc1cc(C)c(S(=O)(=O)N2CCCC2C(=O)OCc2nnc(-c3ccc(Cl)cc3)o2)c(C)c1. The second-order valence-electron chi connectivity index (χ2n) is 8.12. The molecule has 1 aliphatic rings. The molecule has 33 heavy (non-hydrogen) atoms. The molecule has 1 aromatic heterocycles. The van der Waals surface area contributed by atoms with E-state index in [4.69, 9.17) is 20.8 Å². The first-order valence-electron chi connectivity index (χ1n) is 10.5. The summed E-state index contributed by atoms with van der Waals surface area (Å²) < 4.78 is 39.0. The van der Waals surface area contributed by atoms with E-state index in [2.05, 4.69) is 10.2 Å². The molecule has 0 amide bonds. The number of halogens is 1. The Labute approximate surface area is 197 Å². The van der Waals surface area contributed by atoms with Crippen LogP contribution in [0.5, 0.6) is 0 Å². The molecule has 0 bridgehead atoms. The first-order valence-corrected chi connectivity index (χ1v) is 12.3. The number of aryl methyl sites for hydroxylation is 3. The molecular weight excluding hydrogens is 466 g/mol. The van der Waals surface area contributed by atoms with Crippen LogP contribution < -0.4 is 0 Å². The summed E-state index contributed by atoms with van der Waals surface area (Å²) in [5, 5.41) is 8.44. The molecule has 0 N–H and O–H groups in total. The third-order valence-electron chi connectivity index (χ3n) is 5.54. The maximum atomic E-state index is 13.4. The molecule has 4 rings (SSSR count). The number of esters is 1. The van der Waals surface area contributed by atoms with Crippen molar-refractivity contribution in [2.24, 2.45) is 0 Å². The zero-order valence-electron chi connectivity index (χ0n) is 18.5. The van der Waals surface area contributed by atoms with Gasteiger partial charge >= 0.3 is 5.97 Å². The van der Waals surface area contributed by atoms with Crippen LogP contribution in [-0.4, -0.2) is 41.5 Å². The van der Waals surface area contributed by atoms with Gasteiger partial charge in [0.15, 0.2) is 6.61 Å². The number of carbonyl (C=O) groups excluding carboxylic acids is 1. The van der Waals surface area contributed by atoms with E-state index in [0.29, 0.717) is 34.6 Å². The molecule has 1 fully saturated rings. The van der Waals surface area contributed by atoms with E-state index < -0.39 is 22.0 Å². The lowest BCUT2D eigenvalue weighted by Crippen LogP contribution is -2.41. The zero-order chi connectivity index (χ0) is 23.8. The smallest absolute Gasteiger partial charge is 0.324 e. The van der Waals surface area contributed by atoms with Gasteiger partial charge in [-0.1, -0.05) is 29.3 Å². The number of carbonyl (C=O) groups is 1. The van der Waals surface area contributed by atoms with E-state index in [9.17, 15) is 13.2 Å². The van der Waals surface area contributed by atoms with Crippen molar-refractivity contribution in [3.8, 4) is 11.5 Å². The zero-order valence-corrected chi connectivity index (χ0v) is 20.1. The van der Waals surface area contributed by atoms with E-state index in [1.165, 1.54) is 4.31 Å². The van der Waals surface area contributed by atoms with Gasteiger partial charge in [0.1, 0.15) is 6.04 Å². The quantitative estimate of drug-likeness (QED) is 0.478. The molecule has 3 aromatic rings. The topological polar surface area (TPSA) is 103 Å². The summed E-state index contributed by atoms with van der Waals surface area (Å²) >= 11 is 5.89. The Kier molecular flexibility index (Phi) is 6.56. The third kappa shape index (κ3) is 4.80. The highest BCUT2D eigenvalue weighted by Crippen LogP contribution is 2.31. The number of ether oxygens (including phenoxy) is 1. The first-order chi connectivity index (χ1) is 15.7. The van der Waals surface area contributed by atoms with E-state index in [0.717, 1.165) is 5.56 Å². The molecule has 1 saturated heterocycles. The maximum Gasteiger partial charge on any atom is 0.324 e. The predicted molar refractivity (Wildman–Crippen MR) is 122 cm³/mol. The summed E-state index contributed by atoms with van der Waals surface area (Å²) in [6.45, 7) is 5.47. The number of nitrogens with zero attached hydrogens (tertiary/aromatic N) is 3. The minimum atomic E-state index is -3.86. The predicted octanol–water partition coefficient (Wildman–Crippen LogP) is 4.21. The average Bonchev–Trinajstić information content (AvgIpc) is 3.42. The van der Waals surface area contributed by atoms with Gasteiger partial charge in [-0.05, 0) is 69.0 Å². The molecule has 1 unspecified atom stereocenters. The number of benzene rings is 2. The van der Waals surface area contributed by atoms with Crippen LogP contribution in [0.4, 0.5) is 0 Å². The number of aromatic nitrogens is 2. The Morgan fingerprint density at radius 2 is 1.82 bits per heavy atom. The van der Waals surface area contributed by atoms with Crippen molar-refractivity contribution in [2.75, 3.05) is 6.54 Å². The molecule has 10 heteroatoms. The maximum absolute atomic E-state index is 13.4. The minimum Gasteiger partial charge on any atom is -0.454 e. The van der Waals surface area contributed by atoms with Crippen LogP contribution in [0.3, 0.4) is 0 Å². The Bertz CT molecular complexity index is 1260. The normalized spacial score (nSPS) is 16.8. The minimum absolute atomic E-state index is 0.117. The van der Waals surface area contributed by atoms with Gasteiger partial charge < -0.3 is 9.15 Å². The third-order valence-corrected chi connectivity index (χ3v) is 8.01. The molecule has 1 atom stereocenters. The molecular formula is C23H24ClN3O5S. The van der Waals surface area contributed by atoms with Gasteiger partial charge in [-0.2, -0.15) is 4.31 Å². The second kappa shape index (κ2) is 9.24. The van der Waals surface area contributed by atoms with Gasteiger partial charge in [-0.25, -0.2) is 8.42 Å². The van der Waals surface area contributed by atoms with E-state index in [1.807, 2.05) is 19.1 Å². The summed E-state index contributed by atoms with van der Waals surface area (Å²) in [4.78, 5) is 13.1. The van der Waals surface area contributed by atoms with Crippen LogP contribution in [0, 0.1) is 20.8 Å². The van der Waals surface area contributed by atoms with Gasteiger partial charge in [-0.3, -0.25) is 4.79 Å². The lowest BCUT2D eigenvalue weighted by molar-refractivity contribution is -0.149. The Hall–Kier alpha value is -2.75. The largest absolute Gasteiger partial charge is 0.454 e. The van der Waals surface area contributed by atoms with Crippen LogP contribution in [-0.2, 0) is 26.2 Å². The molecule has 8 nitrogen and oxygen atoms in total. The number of hydrogen-bond acceptors (Lipinski definition) is 7. The molecule has 0 spiro atoms. The highest BCUT2D eigenvalue weighted by molar-refractivity contribution is 7.89. The molecule has 2 aromatic carbocycles. The monoisotopic (exact) mass is 489 g/mol.